The van der Waals surface area contributed by atoms with E-state index in [1.54, 1.807) is 12.1 Å². The summed E-state index contributed by atoms with van der Waals surface area (Å²) in [5.74, 6) is 1.05. The number of aryl methyl sites for hydroxylation is 1. The van der Waals surface area contributed by atoms with Crippen molar-refractivity contribution in [2.45, 2.75) is 31.7 Å². The van der Waals surface area contributed by atoms with Crippen LogP contribution in [0.5, 0.6) is 5.75 Å². The predicted molar refractivity (Wildman–Crippen MR) is 62.0 cm³/mol. The summed E-state index contributed by atoms with van der Waals surface area (Å²) >= 11 is 0. The van der Waals surface area contributed by atoms with Crippen LogP contribution in [0.1, 0.15) is 24.8 Å². The van der Waals surface area contributed by atoms with Gasteiger partial charge in [0.1, 0.15) is 11.6 Å². The van der Waals surface area contributed by atoms with Crippen molar-refractivity contribution < 1.29 is 9.13 Å². The SMILES string of the molecule is COc1ccc(CCC(N)C2CC2)c(F)c1. The Labute approximate surface area is 95.6 Å². The highest BCUT2D eigenvalue weighted by Crippen LogP contribution is 2.33. The molecule has 0 aliphatic heterocycles. The number of benzene rings is 1. The fourth-order valence-corrected chi connectivity index (χ4v) is 1.94. The van der Waals surface area contributed by atoms with Crippen LogP contribution in [0.15, 0.2) is 18.2 Å². The van der Waals surface area contributed by atoms with Crippen LogP contribution in [0, 0.1) is 11.7 Å². The van der Waals surface area contributed by atoms with Crippen LogP contribution in [0.2, 0.25) is 0 Å². The van der Waals surface area contributed by atoms with Crippen molar-refractivity contribution in [3.8, 4) is 5.75 Å². The molecule has 1 aliphatic carbocycles. The summed E-state index contributed by atoms with van der Waals surface area (Å²) in [6, 6.07) is 5.24. The molecule has 1 aromatic carbocycles. The van der Waals surface area contributed by atoms with E-state index >= 15 is 0 Å². The van der Waals surface area contributed by atoms with Crippen LogP contribution in [0.4, 0.5) is 4.39 Å². The Hall–Kier alpha value is -1.09. The molecule has 0 amide bonds. The van der Waals surface area contributed by atoms with Gasteiger partial charge in [0, 0.05) is 12.1 Å². The van der Waals surface area contributed by atoms with Gasteiger partial charge in [-0.3, -0.25) is 0 Å². The van der Waals surface area contributed by atoms with Crippen molar-refractivity contribution in [2.75, 3.05) is 7.11 Å². The lowest BCUT2D eigenvalue weighted by molar-refractivity contribution is 0.410. The Morgan fingerprint density at radius 3 is 2.81 bits per heavy atom. The minimum atomic E-state index is -0.192. The number of ether oxygens (including phenoxy) is 1. The molecule has 0 radical (unpaired) electrons. The van der Waals surface area contributed by atoms with Gasteiger partial charge in [0.15, 0.2) is 0 Å². The lowest BCUT2D eigenvalue weighted by Crippen LogP contribution is -2.23. The zero-order valence-electron chi connectivity index (χ0n) is 9.58. The van der Waals surface area contributed by atoms with Crippen LogP contribution in [-0.4, -0.2) is 13.2 Å². The maximum Gasteiger partial charge on any atom is 0.130 e. The lowest BCUT2D eigenvalue weighted by atomic mass is 10.0. The molecule has 2 nitrogen and oxygen atoms in total. The molecule has 16 heavy (non-hydrogen) atoms. The van der Waals surface area contributed by atoms with Gasteiger partial charge >= 0.3 is 0 Å². The summed E-state index contributed by atoms with van der Waals surface area (Å²) in [6.07, 6.45) is 4.07. The van der Waals surface area contributed by atoms with Crippen molar-refractivity contribution in [3.63, 3.8) is 0 Å². The van der Waals surface area contributed by atoms with E-state index in [1.165, 1.54) is 26.0 Å². The molecule has 0 heterocycles. The topological polar surface area (TPSA) is 35.2 Å². The Balaban J connectivity index is 1.92. The second kappa shape index (κ2) is 4.83. The van der Waals surface area contributed by atoms with Crippen LogP contribution in [0.25, 0.3) is 0 Å². The van der Waals surface area contributed by atoms with Crippen molar-refractivity contribution >= 4 is 0 Å². The zero-order valence-corrected chi connectivity index (χ0v) is 9.58. The molecule has 2 N–H and O–H groups in total. The molecule has 1 aromatic rings. The summed E-state index contributed by atoms with van der Waals surface area (Å²) in [6.45, 7) is 0. The normalized spacial score (nSPS) is 17.2. The highest BCUT2D eigenvalue weighted by Gasteiger charge is 2.28. The number of rotatable bonds is 5. The third kappa shape index (κ3) is 2.73. The Bertz CT molecular complexity index is 363. The number of halogens is 1. The molecule has 0 bridgehead atoms. The maximum absolute atomic E-state index is 13.6. The van der Waals surface area contributed by atoms with Gasteiger partial charge in [-0.2, -0.15) is 0 Å². The van der Waals surface area contributed by atoms with E-state index in [0.29, 0.717) is 18.1 Å². The van der Waals surface area contributed by atoms with Crippen LogP contribution < -0.4 is 10.5 Å². The molecule has 0 aromatic heterocycles. The van der Waals surface area contributed by atoms with Crippen molar-refractivity contribution in [3.05, 3.63) is 29.6 Å². The number of hydrogen-bond acceptors (Lipinski definition) is 2. The average molecular weight is 223 g/mol. The van der Waals surface area contributed by atoms with Gasteiger partial charge < -0.3 is 10.5 Å². The quantitative estimate of drug-likeness (QED) is 0.832. The summed E-state index contributed by atoms with van der Waals surface area (Å²) in [4.78, 5) is 0. The summed E-state index contributed by atoms with van der Waals surface area (Å²) < 4.78 is 18.5. The van der Waals surface area contributed by atoms with Gasteiger partial charge in [-0.1, -0.05) is 6.07 Å². The first-order valence-corrected chi connectivity index (χ1v) is 5.78. The Kier molecular flexibility index (Phi) is 3.44. The van der Waals surface area contributed by atoms with E-state index in [1.807, 2.05) is 0 Å². The minimum absolute atomic E-state index is 0.192. The molecule has 2 rings (SSSR count). The van der Waals surface area contributed by atoms with Gasteiger partial charge in [0.05, 0.1) is 7.11 Å². The molecule has 0 spiro atoms. The smallest absolute Gasteiger partial charge is 0.130 e. The molecule has 1 saturated carbocycles. The molecule has 0 saturated heterocycles. The van der Waals surface area contributed by atoms with Gasteiger partial charge in [-0.05, 0) is 43.2 Å². The maximum atomic E-state index is 13.6. The van der Waals surface area contributed by atoms with Gasteiger partial charge in [0.25, 0.3) is 0 Å². The van der Waals surface area contributed by atoms with E-state index in [0.717, 1.165) is 12.0 Å². The summed E-state index contributed by atoms with van der Waals surface area (Å²) in [5, 5.41) is 0. The highest BCUT2D eigenvalue weighted by atomic mass is 19.1. The van der Waals surface area contributed by atoms with Gasteiger partial charge in [-0.25, -0.2) is 4.39 Å². The fourth-order valence-electron chi connectivity index (χ4n) is 1.94. The molecule has 1 fully saturated rings. The first-order chi connectivity index (χ1) is 7.70. The summed E-state index contributed by atoms with van der Waals surface area (Å²) in [5.41, 5.74) is 6.72. The van der Waals surface area contributed by atoms with E-state index in [2.05, 4.69) is 0 Å². The molecular weight excluding hydrogens is 205 g/mol. The fraction of sp³-hybridized carbons (Fsp3) is 0.538. The van der Waals surface area contributed by atoms with Crippen LogP contribution >= 0.6 is 0 Å². The lowest BCUT2D eigenvalue weighted by Gasteiger charge is -2.10. The first kappa shape index (κ1) is 11.4. The first-order valence-electron chi connectivity index (χ1n) is 5.78. The van der Waals surface area contributed by atoms with E-state index < -0.39 is 0 Å². The number of methoxy groups -OCH3 is 1. The molecule has 1 unspecified atom stereocenters. The predicted octanol–water partition coefficient (Wildman–Crippen LogP) is 2.50. The number of hydrogen-bond donors (Lipinski definition) is 1. The van der Waals surface area contributed by atoms with Crippen LogP contribution in [0.3, 0.4) is 0 Å². The minimum Gasteiger partial charge on any atom is -0.497 e. The molecule has 3 heteroatoms. The van der Waals surface area contributed by atoms with E-state index in [9.17, 15) is 4.39 Å². The van der Waals surface area contributed by atoms with Crippen molar-refractivity contribution in [2.24, 2.45) is 11.7 Å². The van der Waals surface area contributed by atoms with E-state index in [4.69, 9.17) is 10.5 Å². The Morgan fingerprint density at radius 2 is 2.25 bits per heavy atom. The van der Waals surface area contributed by atoms with Gasteiger partial charge in [0.2, 0.25) is 0 Å². The second-order valence-corrected chi connectivity index (χ2v) is 4.50. The molecule has 88 valence electrons. The van der Waals surface area contributed by atoms with Crippen LogP contribution in [-0.2, 0) is 6.42 Å². The monoisotopic (exact) mass is 223 g/mol. The van der Waals surface area contributed by atoms with Crippen molar-refractivity contribution in [1.29, 1.82) is 0 Å². The van der Waals surface area contributed by atoms with Crippen molar-refractivity contribution in [1.82, 2.24) is 0 Å². The standard InChI is InChI=1S/C13H18FNO/c1-16-11-6-4-9(12(14)8-11)5-7-13(15)10-2-3-10/h4,6,8,10,13H,2-3,5,7,15H2,1H3. The van der Waals surface area contributed by atoms with E-state index in [-0.39, 0.29) is 11.9 Å². The highest BCUT2D eigenvalue weighted by molar-refractivity contribution is 5.29. The summed E-state index contributed by atoms with van der Waals surface area (Å²) in [7, 11) is 1.54. The average Bonchev–Trinajstić information content (AvgIpc) is 3.10. The second-order valence-electron chi connectivity index (χ2n) is 4.50. The molecule has 1 atom stereocenters. The molecule has 1 aliphatic rings. The van der Waals surface area contributed by atoms with Gasteiger partial charge in [-0.15, -0.1) is 0 Å². The Morgan fingerprint density at radius 1 is 1.50 bits per heavy atom. The molecular formula is C13H18FNO. The number of nitrogens with two attached hydrogens (primary N) is 1. The zero-order chi connectivity index (χ0) is 11.5. The third-order valence-electron chi connectivity index (χ3n) is 3.23. The largest absolute Gasteiger partial charge is 0.497 e. The third-order valence-corrected chi connectivity index (χ3v) is 3.23.